The zero-order chi connectivity index (χ0) is 63.1. The van der Waals surface area contributed by atoms with Gasteiger partial charge in [0.15, 0.2) is 23.0 Å². The Morgan fingerprint density at radius 3 is 0.830 bits per heavy atom. The number of hydrogen-bond donors (Lipinski definition) is 2. The van der Waals surface area contributed by atoms with Crippen LogP contribution >= 0.6 is 0 Å². The maximum Gasteiger partial charge on any atom is 0.261 e. The highest BCUT2D eigenvalue weighted by atomic mass is 16.5. The van der Waals surface area contributed by atoms with Crippen LogP contribution in [0.1, 0.15) is 184 Å². The van der Waals surface area contributed by atoms with Crippen molar-refractivity contribution in [3.05, 3.63) is 106 Å². The van der Waals surface area contributed by atoms with Crippen LogP contribution in [0.2, 0.25) is 0 Å². The first-order chi connectivity index (χ1) is 42.1. The van der Waals surface area contributed by atoms with Gasteiger partial charge in [0.25, 0.3) is 35.4 Å². The minimum Gasteiger partial charge on any atom is -0.490 e. The van der Waals surface area contributed by atoms with Crippen LogP contribution < -0.4 is 39.1 Å². The van der Waals surface area contributed by atoms with Crippen LogP contribution in [0.5, 0.6) is 34.5 Å². The maximum atomic E-state index is 14.5. The SMILES string of the molecule is CC(C)CCOc1cc(C(=O)NCCN2C(=O)c3ccc4c5ccc6c7c(ccc(c8ccc(c3c48)C2=O)c75)C(=O)N(CCNC(=O)c2cc(OCCC(C)C)c(OCCC(C)C)c(OCCC(C)C)c2)C6=O)cc(OCCC(C)C)c1OCCC(C)C. The van der Waals surface area contributed by atoms with E-state index in [1.165, 1.54) is 9.80 Å². The molecule has 0 bridgehead atoms. The average molecular weight is 1200 g/mol. The van der Waals surface area contributed by atoms with Crippen LogP contribution in [-0.2, 0) is 0 Å². The number of nitrogens with zero attached hydrogens (tertiary/aromatic N) is 2. The molecule has 0 fully saturated rings. The second kappa shape index (κ2) is 28.3. The zero-order valence-corrected chi connectivity index (χ0v) is 53.5. The number of nitrogens with one attached hydrogen (secondary N) is 2. The Kier molecular flexibility index (Phi) is 20.7. The van der Waals surface area contributed by atoms with Crippen molar-refractivity contribution >= 4 is 78.5 Å². The number of benzene rings is 7. The van der Waals surface area contributed by atoms with Gasteiger partial charge in [-0.1, -0.05) is 107 Å². The van der Waals surface area contributed by atoms with Crippen molar-refractivity contribution < 1.29 is 57.2 Å². The summed E-state index contributed by atoms with van der Waals surface area (Å²) in [7, 11) is 0. The lowest BCUT2D eigenvalue weighted by Gasteiger charge is -2.30. The predicted octanol–water partition coefficient (Wildman–Crippen LogP) is 14.3. The summed E-state index contributed by atoms with van der Waals surface area (Å²) < 4.78 is 37.8. The molecule has 6 amide bonds. The van der Waals surface area contributed by atoms with Crippen molar-refractivity contribution in [2.45, 2.75) is 122 Å². The van der Waals surface area contributed by atoms with Crippen LogP contribution in [0.3, 0.4) is 0 Å². The van der Waals surface area contributed by atoms with E-state index in [9.17, 15) is 28.8 Å². The molecule has 16 heteroatoms. The number of amides is 6. The van der Waals surface area contributed by atoms with Gasteiger partial charge in [0.05, 0.1) is 39.6 Å². The number of carbonyl (C=O) groups is 6. The molecule has 0 radical (unpaired) electrons. The Labute approximate surface area is 517 Å². The van der Waals surface area contributed by atoms with Crippen LogP contribution in [0.25, 0.3) is 43.1 Å². The molecule has 0 unspecified atom stereocenters. The number of hydrogen-bond acceptors (Lipinski definition) is 12. The number of imide groups is 2. The Morgan fingerprint density at radius 1 is 0.352 bits per heavy atom. The van der Waals surface area contributed by atoms with E-state index in [0.29, 0.717) is 154 Å². The van der Waals surface area contributed by atoms with Gasteiger partial charge in [-0.25, -0.2) is 0 Å². The van der Waals surface area contributed by atoms with Crippen molar-refractivity contribution in [2.24, 2.45) is 35.5 Å². The molecule has 2 aliphatic rings. The van der Waals surface area contributed by atoms with Crippen molar-refractivity contribution in [3.63, 3.8) is 0 Å². The fourth-order valence-corrected chi connectivity index (χ4v) is 11.1. The molecular weight excluding hydrogens is 1110 g/mol. The highest BCUT2D eigenvalue weighted by Gasteiger charge is 2.37. The first-order valence-electron chi connectivity index (χ1n) is 31.7. The lowest BCUT2D eigenvalue weighted by atomic mass is 9.82. The van der Waals surface area contributed by atoms with Gasteiger partial charge < -0.3 is 39.1 Å². The number of rotatable bonds is 32. The summed E-state index contributed by atoms with van der Waals surface area (Å²) in [6, 6.07) is 21.0. The van der Waals surface area contributed by atoms with E-state index >= 15 is 0 Å². The van der Waals surface area contributed by atoms with Gasteiger partial charge in [0, 0.05) is 70.3 Å². The third-order valence-corrected chi connectivity index (χ3v) is 16.3. The summed E-state index contributed by atoms with van der Waals surface area (Å²) in [5.41, 5.74) is 1.96. The van der Waals surface area contributed by atoms with Crippen LogP contribution in [0, 0.1) is 35.5 Å². The van der Waals surface area contributed by atoms with Crippen molar-refractivity contribution in [1.29, 1.82) is 0 Å². The molecule has 468 valence electrons. The normalized spacial score (nSPS) is 13.3. The highest BCUT2D eigenvalue weighted by molar-refractivity contribution is 6.41. The number of carbonyl (C=O) groups excluding carboxylic acids is 6. The Morgan fingerprint density at radius 2 is 0.591 bits per heavy atom. The topological polar surface area (TPSA) is 188 Å². The second-order valence-electron chi connectivity index (χ2n) is 26.0. The minimum absolute atomic E-state index is 0.0254. The summed E-state index contributed by atoms with van der Waals surface area (Å²) in [5.74, 6) is 2.17. The molecular formula is C72H88N4O12. The Balaban J connectivity index is 0.928. The molecule has 2 N–H and O–H groups in total. The fourth-order valence-electron chi connectivity index (χ4n) is 11.1. The lowest BCUT2D eigenvalue weighted by Crippen LogP contribution is -2.44. The quantitative estimate of drug-likeness (QED) is 0.0231. The summed E-state index contributed by atoms with van der Waals surface area (Å²) in [6.45, 7) is 27.8. The molecule has 0 atom stereocenters. The molecule has 0 aromatic heterocycles. The first-order valence-corrected chi connectivity index (χ1v) is 31.7. The molecule has 2 heterocycles. The maximum absolute atomic E-state index is 14.5. The smallest absolute Gasteiger partial charge is 0.261 e. The average Bonchev–Trinajstić information content (AvgIpc) is 0.890. The van der Waals surface area contributed by atoms with Gasteiger partial charge in [-0.3, -0.25) is 38.6 Å². The molecule has 0 aliphatic carbocycles. The molecule has 0 saturated heterocycles. The van der Waals surface area contributed by atoms with Crippen molar-refractivity contribution in [3.8, 4) is 34.5 Å². The molecule has 88 heavy (non-hydrogen) atoms. The standard InChI is InChI=1S/C72H88N4O12/c1-41(2)21-31-83-57-37-47(38-58(84-32-22-42(3)4)65(57)87-35-25-45(9)10)67(77)73-27-29-75-69(79)53-17-13-49-51-15-19-55-64-56(20-16-52(62(51)64)50-14-18-54(70(75)80)63(53)61(49)50)72(82)76(71(55)81)30-28-74-68(78)48-39-59(85-33-23-43(5)6)66(88-36-26-46(11)12)60(40-48)86-34-24-44(7)8/h13-20,37-46H,21-36H2,1-12H3,(H,73,77)(H,74,78). The molecule has 9 rings (SSSR count). The summed E-state index contributed by atoms with van der Waals surface area (Å²) in [6.07, 6.45) is 4.83. The number of ether oxygens (including phenoxy) is 6. The van der Waals surface area contributed by atoms with Crippen LogP contribution in [-0.4, -0.2) is 111 Å². The van der Waals surface area contributed by atoms with Crippen molar-refractivity contribution in [2.75, 3.05) is 65.8 Å². The lowest BCUT2D eigenvalue weighted by molar-refractivity contribution is 0.0594. The van der Waals surface area contributed by atoms with Gasteiger partial charge in [-0.15, -0.1) is 0 Å². The highest BCUT2D eigenvalue weighted by Crippen LogP contribution is 2.47. The summed E-state index contributed by atoms with van der Waals surface area (Å²) in [4.78, 5) is 88.5. The molecule has 7 aromatic rings. The van der Waals surface area contributed by atoms with E-state index in [0.717, 1.165) is 70.8 Å². The van der Waals surface area contributed by atoms with E-state index < -0.39 is 35.4 Å². The van der Waals surface area contributed by atoms with Gasteiger partial charge >= 0.3 is 0 Å². The molecule has 0 spiro atoms. The van der Waals surface area contributed by atoms with E-state index in [2.05, 4.69) is 93.7 Å². The van der Waals surface area contributed by atoms with Crippen molar-refractivity contribution in [1.82, 2.24) is 20.4 Å². The van der Waals surface area contributed by atoms with Gasteiger partial charge in [0.2, 0.25) is 11.5 Å². The van der Waals surface area contributed by atoms with Gasteiger partial charge in [0.1, 0.15) is 0 Å². The van der Waals surface area contributed by atoms with Gasteiger partial charge in [-0.05, 0) is 155 Å². The molecule has 2 aliphatic heterocycles. The molecule has 16 nitrogen and oxygen atoms in total. The fraction of sp³-hybridized carbons (Fsp3) is 0.472. The monoisotopic (exact) mass is 1200 g/mol. The third kappa shape index (κ3) is 14.2. The van der Waals surface area contributed by atoms with Crippen LogP contribution in [0.15, 0.2) is 72.8 Å². The summed E-state index contributed by atoms with van der Waals surface area (Å²) in [5, 5.41) is 11.4. The third-order valence-electron chi connectivity index (χ3n) is 16.3. The largest absolute Gasteiger partial charge is 0.490 e. The van der Waals surface area contributed by atoms with Crippen LogP contribution in [0.4, 0.5) is 0 Å². The predicted molar refractivity (Wildman–Crippen MR) is 346 cm³/mol. The second-order valence-corrected chi connectivity index (χ2v) is 26.0. The van der Waals surface area contributed by atoms with E-state index in [1.54, 1.807) is 48.5 Å². The zero-order valence-electron chi connectivity index (χ0n) is 53.5. The minimum atomic E-state index is -0.490. The van der Waals surface area contributed by atoms with Gasteiger partial charge in [-0.2, -0.15) is 0 Å². The Bertz CT molecular complexity index is 3300. The Hall–Kier alpha value is -8.14. The molecule has 7 aromatic carbocycles. The molecule has 0 saturated carbocycles. The summed E-state index contributed by atoms with van der Waals surface area (Å²) >= 11 is 0. The number of fused-ring (bicyclic) bond motifs is 2. The first kappa shape index (κ1) is 64.3. The van der Waals surface area contributed by atoms with E-state index in [-0.39, 0.29) is 26.2 Å². The van der Waals surface area contributed by atoms with E-state index in [4.69, 9.17) is 28.4 Å². The van der Waals surface area contributed by atoms with E-state index in [1.807, 2.05) is 24.3 Å².